The van der Waals surface area contributed by atoms with Gasteiger partial charge in [0.25, 0.3) is 0 Å². The zero-order valence-corrected chi connectivity index (χ0v) is 13.0. The van der Waals surface area contributed by atoms with Crippen LogP contribution in [0.25, 0.3) is 0 Å². The number of urea groups is 1. The van der Waals surface area contributed by atoms with Gasteiger partial charge in [0.05, 0.1) is 18.2 Å². The van der Waals surface area contributed by atoms with E-state index in [0.717, 1.165) is 0 Å². The molecule has 6 heteroatoms. The summed E-state index contributed by atoms with van der Waals surface area (Å²) < 4.78 is 5.73. The Kier molecular flexibility index (Phi) is 5.39. The number of carboxylic acid groups (broad SMARTS) is 1. The summed E-state index contributed by atoms with van der Waals surface area (Å²) in [6.45, 7) is 10.5. The molecule has 116 valence electrons. The molecular weight excluding hydrogens is 260 g/mol. The van der Waals surface area contributed by atoms with Crippen LogP contribution in [0, 0.1) is 5.92 Å². The zero-order valence-electron chi connectivity index (χ0n) is 13.0. The molecule has 6 nitrogen and oxygen atoms in total. The third-order valence-corrected chi connectivity index (χ3v) is 3.16. The normalized spacial score (nSPS) is 23.5. The molecule has 1 fully saturated rings. The number of hydrogen-bond acceptors (Lipinski definition) is 3. The van der Waals surface area contributed by atoms with Crippen LogP contribution < -0.4 is 5.32 Å². The van der Waals surface area contributed by atoms with E-state index in [1.54, 1.807) is 4.90 Å². The molecule has 0 bridgehead atoms. The van der Waals surface area contributed by atoms with Gasteiger partial charge in [0.1, 0.15) is 6.04 Å². The molecule has 0 saturated carbocycles. The molecule has 1 saturated heterocycles. The van der Waals surface area contributed by atoms with Crippen molar-refractivity contribution < 1.29 is 19.4 Å². The highest BCUT2D eigenvalue weighted by Crippen LogP contribution is 2.20. The minimum absolute atomic E-state index is 0.0575. The third kappa shape index (κ3) is 5.00. The molecule has 0 aromatic heterocycles. The first-order valence-corrected chi connectivity index (χ1v) is 7.07. The summed E-state index contributed by atoms with van der Waals surface area (Å²) in [4.78, 5) is 25.0. The Morgan fingerprint density at radius 2 is 2.05 bits per heavy atom. The Balaban J connectivity index is 2.66. The molecular formula is C14H26N2O4. The predicted molar refractivity (Wildman–Crippen MR) is 75.6 cm³/mol. The smallest absolute Gasteiger partial charge is 0.326 e. The number of rotatable bonds is 4. The quantitative estimate of drug-likeness (QED) is 0.824. The molecule has 1 rings (SSSR count). The first-order chi connectivity index (χ1) is 9.10. The van der Waals surface area contributed by atoms with E-state index in [2.05, 4.69) is 5.32 Å². The number of morpholine rings is 1. The summed E-state index contributed by atoms with van der Waals surface area (Å²) in [6, 6.07) is -1.18. The van der Waals surface area contributed by atoms with Gasteiger partial charge in [-0.2, -0.15) is 0 Å². The van der Waals surface area contributed by atoms with E-state index in [9.17, 15) is 9.59 Å². The Morgan fingerprint density at radius 1 is 1.45 bits per heavy atom. The highest BCUT2D eigenvalue weighted by molar-refractivity contribution is 5.82. The molecule has 0 aromatic rings. The van der Waals surface area contributed by atoms with Crippen molar-refractivity contribution in [3.8, 4) is 0 Å². The van der Waals surface area contributed by atoms with E-state index >= 15 is 0 Å². The summed E-state index contributed by atoms with van der Waals surface area (Å²) >= 11 is 0. The number of aliphatic carboxylic acids is 1. The maximum absolute atomic E-state index is 12.2. The second-order valence-corrected chi connectivity index (χ2v) is 6.54. The van der Waals surface area contributed by atoms with Crippen molar-refractivity contribution in [2.24, 2.45) is 5.92 Å². The van der Waals surface area contributed by atoms with E-state index in [0.29, 0.717) is 19.5 Å². The number of carboxylic acids is 1. The Labute approximate surface area is 120 Å². The number of carbonyl (C=O) groups is 2. The fraction of sp³-hybridized carbons (Fsp3) is 0.857. The first kappa shape index (κ1) is 16.8. The van der Waals surface area contributed by atoms with E-state index < -0.39 is 17.6 Å². The lowest BCUT2D eigenvalue weighted by Crippen LogP contribution is -2.58. The fourth-order valence-corrected chi connectivity index (χ4v) is 2.54. The molecule has 1 aliphatic rings. The van der Waals surface area contributed by atoms with Crippen molar-refractivity contribution in [2.75, 3.05) is 13.1 Å². The molecule has 0 spiro atoms. The van der Waals surface area contributed by atoms with Gasteiger partial charge in [-0.3, -0.25) is 0 Å². The topological polar surface area (TPSA) is 78.9 Å². The number of ether oxygens (including phenoxy) is 1. The molecule has 0 aromatic carbocycles. The van der Waals surface area contributed by atoms with Crippen LogP contribution in [0.2, 0.25) is 0 Å². The Hall–Kier alpha value is -1.30. The summed E-state index contributed by atoms with van der Waals surface area (Å²) in [6.07, 6.45) is 0.363. The van der Waals surface area contributed by atoms with Crippen molar-refractivity contribution in [2.45, 2.75) is 58.8 Å². The van der Waals surface area contributed by atoms with E-state index in [4.69, 9.17) is 9.84 Å². The number of nitrogens with one attached hydrogen (secondary N) is 1. The van der Waals surface area contributed by atoms with Crippen LogP contribution in [0.1, 0.15) is 41.0 Å². The Morgan fingerprint density at radius 3 is 2.50 bits per heavy atom. The zero-order chi connectivity index (χ0) is 15.5. The van der Waals surface area contributed by atoms with Crippen LogP contribution in [-0.4, -0.2) is 52.8 Å². The monoisotopic (exact) mass is 286 g/mol. The summed E-state index contributed by atoms with van der Waals surface area (Å²) in [5, 5.41) is 11.8. The van der Waals surface area contributed by atoms with E-state index in [1.807, 2.05) is 34.6 Å². The van der Waals surface area contributed by atoms with Gasteiger partial charge in [-0.1, -0.05) is 13.8 Å². The van der Waals surface area contributed by atoms with Crippen LogP contribution in [0.3, 0.4) is 0 Å². The van der Waals surface area contributed by atoms with Gasteiger partial charge >= 0.3 is 12.0 Å². The number of nitrogens with zero attached hydrogens (tertiary/aromatic N) is 1. The molecule has 0 radical (unpaired) electrons. The van der Waals surface area contributed by atoms with Crippen LogP contribution in [0.4, 0.5) is 4.79 Å². The molecule has 0 aliphatic carbocycles. The molecule has 2 atom stereocenters. The van der Waals surface area contributed by atoms with Crippen LogP contribution >= 0.6 is 0 Å². The van der Waals surface area contributed by atoms with Crippen LogP contribution in [0.15, 0.2) is 0 Å². The van der Waals surface area contributed by atoms with Gasteiger partial charge < -0.3 is 20.1 Å². The van der Waals surface area contributed by atoms with Crippen molar-refractivity contribution in [3.63, 3.8) is 0 Å². The van der Waals surface area contributed by atoms with Crippen LogP contribution in [0.5, 0.6) is 0 Å². The van der Waals surface area contributed by atoms with Gasteiger partial charge in [0, 0.05) is 6.54 Å². The number of amides is 2. The number of hydrogen-bond donors (Lipinski definition) is 2. The van der Waals surface area contributed by atoms with Crippen molar-refractivity contribution in [1.29, 1.82) is 0 Å². The van der Waals surface area contributed by atoms with Crippen LogP contribution in [-0.2, 0) is 9.53 Å². The molecule has 2 N–H and O–H groups in total. The maximum Gasteiger partial charge on any atom is 0.326 e. The molecule has 20 heavy (non-hydrogen) atoms. The fourth-order valence-electron chi connectivity index (χ4n) is 2.54. The van der Waals surface area contributed by atoms with Crippen molar-refractivity contribution >= 4 is 12.0 Å². The molecule has 2 unspecified atom stereocenters. The summed E-state index contributed by atoms with van der Waals surface area (Å²) in [5.74, 6) is -0.788. The summed E-state index contributed by atoms with van der Waals surface area (Å²) in [7, 11) is 0. The van der Waals surface area contributed by atoms with Gasteiger partial charge in [0.15, 0.2) is 0 Å². The average molecular weight is 286 g/mol. The molecule has 1 aliphatic heterocycles. The third-order valence-electron chi connectivity index (χ3n) is 3.16. The van der Waals surface area contributed by atoms with E-state index in [1.165, 1.54) is 0 Å². The second-order valence-electron chi connectivity index (χ2n) is 6.54. The van der Waals surface area contributed by atoms with Gasteiger partial charge in [-0.15, -0.1) is 0 Å². The summed E-state index contributed by atoms with van der Waals surface area (Å²) in [5.41, 5.74) is -0.411. The standard InChI is InChI=1S/C14H26N2O4/c1-9(2)6-11(12(17)18)15-13(19)16-7-10(3)20-14(4,5)8-16/h9-11H,6-8H2,1-5H3,(H,15,19)(H,17,18). The maximum atomic E-state index is 12.2. The first-order valence-electron chi connectivity index (χ1n) is 7.07. The van der Waals surface area contributed by atoms with Gasteiger partial charge in [-0.25, -0.2) is 9.59 Å². The SMILES string of the molecule is CC(C)CC(NC(=O)N1CC(C)OC(C)(C)C1)C(=O)O. The molecule has 2 amide bonds. The lowest BCUT2D eigenvalue weighted by atomic mass is 10.0. The highest BCUT2D eigenvalue weighted by atomic mass is 16.5. The average Bonchev–Trinajstić information content (AvgIpc) is 2.24. The van der Waals surface area contributed by atoms with Gasteiger partial charge in [-0.05, 0) is 33.1 Å². The minimum atomic E-state index is -0.993. The number of carbonyl (C=O) groups excluding carboxylic acids is 1. The largest absolute Gasteiger partial charge is 0.480 e. The second kappa shape index (κ2) is 6.43. The van der Waals surface area contributed by atoms with Gasteiger partial charge in [0.2, 0.25) is 0 Å². The van der Waals surface area contributed by atoms with Crippen molar-refractivity contribution in [1.82, 2.24) is 10.2 Å². The predicted octanol–water partition coefficient (Wildman–Crippen LogP) is 1.69. The molecule has 1 heterocycles. The highest BCUT2D eigenvalue weighted by Gasteiger charge is 2.35. The Bertz CT molecular complexity index is 368. The van der Waals surface area contributed by atoms with E-state index in [-0.39, 0.29) is 18.1 Å². The lowest BCUT2D eigenvalue weighted by molar-refractivity contribution is -0.139. The minimum Gasteiger partial charge on any atom is -0.480 e. The van der Waals surface area contributed by atoms with Crippen molar-refractivity contribution in [3.05, 3.63) is 0 Å². The lowest BCUT2D eigenvalue weighted by Gasteiger charge is -2.41.